The molecule has 0 aliphatic rings. The normalized spacial score (nSPS) is 12.2. The molecule has 15 heavy (non-hydrogen) atoms. The SMILES string of the molecule is COC(=O)[C@@H](N)CCc1ccc(F)cc1. The number of rotatable bonds is 4. The number of ether oxygens (including phenoxy) is 1. The van der Waals surface area contributed by atoms with Gasteiger partial charge in [0.1, 0.15) is 11.9 Å². The predicted molar refractivity (Wildman–Crippen MR) is 54.7 cm³/mol. The number of nitrogens with two attached hydrogens (primary N) is 1. The smallest absolute Gasteiger partial charge is 0.322 e. The minimum Gasteiger partial charge on any atom is -0.468 e. The van der Waals surface area contributed by atoms with E-state index in [0.29, 0.717) is 12.8 Å². The largest absolute Gasteiger partial charge is 0.468 e. The molecule has 0 aromatic heterocycles. The van der Waals surface area contributed by atoms with Crippen LogP contribution in [0, 0.1) is 5.82 Å². The molecule has 0 saturated carbocycles. The van der Waals surface area contributed by atoms with Gasteiger partial charge in [0.25, 0.3) is 0 Å². The van der Waals surface area contributed by atoms with Crippen LogP contribution in [0.15, 0.2) is 24.3 Å². The first-order chi connectivity index (χ1) is 7.13. The molecule has 3 nitrogen and oxygen atoms in total. The van der Waals surface area contributed by atoms with Gasteiger partial charge in [-0.25, -0.2) is 4.39 Å². The topological polar surface area (TPSA) is 52.3 Å². The zero-order valence-corrected chi connectivity index (χ0v) is 8.57. The van der Waals surface area contributed by atoms with E-state index >= 15 is 0 Å². The van der Waals surface area contributed by atoms with Crippen molar-refractivity contribution in [2.24, 2.45) is 5.73 Å². The van der Waals surface area contributed by atoms with E-state index in [9.17, 15) is 9.18 Å². The molecule has 2 N–H and O–H groups in total. The third-order valence-electron chi connectivity index (χ3n) is 2.16. The summed E-state index contributed by atoms with van der Waals surface area (Å²) in [6, 6.07) is 5.52. The Balaban J connectivity index is 2.43. The second-order valence-electron chi connectivity index (χ2n) is 3.29. The lowest BCUT2D eigenvalue weighted by atomic mass is 10.1. The van der Waals surface area contributed by atoms with Crippen LogP contribution in [0.3, 0.4) is 0 Å². The van der Waals surface area contributed by atoms with Crippen LogP contribution < -0.4 is 5.73 Å². The first-order valence-corrected chi connectivity index (χ1v) is 4.71. The van der Waals surface area contributed by atoms with Gasteiger partial charge in [-0.2, -0.15) is 0 Å². The molecule has 0 saturated heterocycles. The number of carbonyl (C=O) groups is 1. The standard InChI is InChI=1S/C11H14FNO2/c1-15-11(14)10(13)7-4-8-2-5-9(12)6-3-8/h2-3,5-6,10H,4,7,13H2,1H3/t10-/m0/s1. The number of aryl methyl sites for hydroxylation is 1. The zero-order valence-electron chi connectivity index (χ0n) is 8.57. The Morgan fingerprint density at radius 1 is 1.47 bits per heavy atom. The van der Waals surface area contributed by atoms with Gasteiger partial charge in [0, 0.05) is 0 Å². The van der Waals surface area contributed by atoms with Gasteiger partial charge in [-0.1, -0.05) is 12.1 Å². The molecule has 1 rings (SSSR count). The number of esters is 1. The Kier molecular flexibility index (Phi) is 4.24. The fourth-order valence-corrected chi connectivity index (χ4v) is 1.24. The Bertz CT molecular complexity index is 324. The Hall–Kier alpha value is -1.42. The van der Waals surface area contributed by atoms with Crippen LogP contribution in [0.2, 0.25) is 0 Å². The summed E-state index contributed by atoms with van der Waals surface area (Å²) in [5.74, 6) is -0.687. The molecule has 0 aliphatic carbocycles. The highest BCUT2D eigenvalue weighted by atomic mass is 19.1. The van der Waals surface area contributed by atoms with Gasteiger partial charge in [0.2, 0.25) is 0 Å². The van der Waals surface area contributed by atoms with Gasteiger partial charge < -0.3 is 10.5 Å². The van der Waals surface area contributed by atoms with E-state index in [0.717, 1.165) is 5.56 Å². The third kappa shape index (κ3) is 3.67. The Morgan fingerprint density at radius 2 is 2.07 bits per heavy atom. The van der Waals surface area contributed by atoms with Crippen LogP contribution in [-0.2, 0) is 16.0 Å². The van der Waals surface area contributed by atoms with Crippen LogP contribution in [-0.4, -0.2) is 19.1 Å². The lowest BCUT2D eigenvalue weighted by Gasteiger charge is -2.08. The number of hydrogen-bond acceptors (Lipinski definition) is 3. The zero-order chi connectivity index (χ0) is 11.3. The molecule has 0 amide bonds. The monoisotopic (exact) mass is 211 g/mol. The molecule has 0 fully saturated rings. The summed E-state index contributed by atoms with van der Waals surface area (Å²) in [6.45, 7) is 0. The number of carbonyl (C=O) groups excluding carboxylic acids is 1. The highest BCUT2D eigenvalue weighted by Gasteiger charge is 2.12. The van der Waals surface area contributed by atoms with Crippen LogP contribution in [0.25, 0.3) is 0 Å². The van der Waals surface area contributed by atoms with Crippen molar-refractivity contribution in [2.75, 3.05) is 7.11 Å². The van der Waals surface area contributed by atoms with E-state index in [2.05, 4.69) is 4.74 Å². The molecule has 1 atom stereocenters. The van der Waals surface area contributed by atoms with E-state index < -0.39 is 12.0 Å². The Morgan fingerprint density at radius 3 is 2.60 bits per heavy atom. The molecule has 0 bridgehead atoms. The molecule has 0 radical (unpaired) electrons. The van der Waals surface area contributed by atoms with Crippen molar-refractivity contribution in [3.8, 4) is 0 Å². The summed E-state index contributed by atoms with van der Waals surface area (Å²) in [4.78, 5) is 11.0. The fraction of sp³-hybridized carbons (Fsp3) is 0.364. The van der Waals surface area contributed by atoms with Crippen LogP contribution >= 0.6 is 0 Å². The van der Waals surface area contributed by atoms with Gasteiger partial charge in [-0.05, 0) is 30.5 Å². The molecule has 0 unspecified atom stereocenters. The maximum absolute atomic E-state index is 12.6. The van der Waals surface area contributed by atoms with Crippen molar-refractivity contribution in [2.45, 2.75) is 18.9 Å². The molecule has 0 spiro atoms. The average molecular weight is 211 g/mol. The molecule has 0 heterocycles. The third-order valence-corrected chi connectivity index (χ3v) is 2.16. The van der Waals surface area contributed by atoms with E-state index in [1.165, 1.54) is 19.2 Å². The van der Waals surface area contributed by atoms with Crippen LogP contribution in [0.5, 0.6) is 0 Å². The molecular weight excluding hydrogens is 197 g/mol. The maximum atomic E-state index is 12.6. The van der Waals surface area contributed by atoms with E-state index in [4.69, 9.17) is 5.73 Å². The molecule has 1 aromatic carbocycles. The second-order valence-corrected chi connectivity index (χ2v) is 3.29. The van der Waals surface area contributed by atoms with E-state index in [1.807, 2.05) is 0 Å². The van der Waals surface area contributed by atoms with E-state index in [-0.39, 0.29) is 5.82 Å². The first kappa shape index (κ1) is 11.7. The summed E-state index contributed by atoms with van der Waals surface area (Å²) in [5, 5.41) is 0. The first-order valence-electron chi connectivity index (χ1n) is 4.71. The lowest BCUT2D eigenvalue weighted by Crippen LogP contribution is -2.31. The predicted octanol–water partition coefficient (Wildman–Crippen LogP) is 1.26. The number of hydrogen-bond donors (Lipinski definition) is 1. The highest BCUT2D eigenvalue weighted by Crippen LogP contribution is 2.06. The number of methoxy groups -OCH3 is 1. The molecular formula is C11H14FNO2. The molecule has 1 aromatic rings. The maximum Gasteiger partial charge on any atom is 0.322 e. The lowest BCUT2D eigenvalue weighted by molar-refractivity contribution is -0.142. The summed E-state index contributed by atoms with van der Waals surface area (Å²) >= 11 is 0. The number of halogens is 1. The van der Waals surface area contributed by atoms with Crippen molar-refractivity contribution in [3.05, 3.63) is 35.6 Å². The average Bonchev–Trinajstić information content (AvgIpc) is 2.26. The summed E-state index contributed by atoms with van der Waals surface area (Å²) in [7, 11) is 1.31. The molecule has 82 valence electrons. The highest BCUT2D eigenvalue weighted by molar-refractivity contribution is 5.75. The van der Waals surface area contributed by atoms with Gasteiger partial charge in [-0.15, -0.1) is 0 Å². The minimum absolute atomic E-state index is 0.268. The summed E-state index contributed by atoms with van der Waals surface area (Å²) in [5.41, 5.74) is 6.51. The minimum atomic E-state index is -0.611. The fourth-order valence-electron chi connectivity index (χ4n) is 1.24. The quantitative estimate of drug-likeness (QED) is 0.763. The van der Waals surface area contributed by atoms with Crippen molar-refractivity contribution < 1.29 is 13.9 Å². The van der Waals surface area contributed by atoms with Crippen molar-refractivity contribution in [1.29, 1.82) is 0 Å². The van der Waals surface area contributed by atoms with Crippen molar-refractivity contribution in [1.82, 2.24) is 0 Å². The summed E-state index contributed by atoms with van der Waals surface area (Å²) < 4.78 is 17.1. The van der Waals surface area contributed by atoms with Gasteiger partial charge in [0.05, 0.1) is 7.11 Å². The summed E-state index contributed by atoms with van der Waals surface area (Å²) in [6.07, 6.45) is 1.13. The van der Waals surface area contributed by atoms with E-state index in [1.54, 1.807) is 12.1 Å². The van der Waals surface area contributed by atoms with Gasteiger partial charge >= 0.3 is 5.97 Å². The van der Waals surface area contributed by atoms with Gasteiger partial charge in [0.15, 0.2) is 0 Å². The number of benzene rings is 1. The second kappa shape index (κ2) is 5.46. The Labute approximate surface area is 88.0 Å². The van der Waals surface area contributed by atoms with Crippen LogP contribution in [0.4, 0.5) is 4.39 Å². The molecule has 0 aliphatic heterocycles. The molecule has 4 heteroatoms. The van der Waals surface area contributed by atoms with Crippen molar-refractivity contribution in [3.63, 3.8) is 0 Å². The van der Waals surface area contributed by atoms with Crippen molar-refractivity contribution >= 4 is 5.97 Å². The van der Waals surface area contributed by atoms with Crippen LogP contribution in [0.1, 0.15) is 12.0 Å². The van der Waals surface area contributed by atoms with Gasteiger partial charge in [-0.3, -0.25) is 4.79 Å².